The molecule has 0 saturated heterocycles. The van der Waals surface area contributed by atoms with E-state index in [1.54, 1.807) is 0 Å². The fraction of sp³-hybridized carbons (Fsp3) is 0.714. The van der Waals surface area contributed by atoms with Gasteiger partial charge in [-0.25, -0.2) is 0 Å². The van der Waals surface area contributed by atoms with Gasteiger partial charge in [0.2, 0.25) is 5.95 Å². The van der Waals surface area contributed by atoms with Crippen LogP contribution in [0.15, 0.2) is 0 Å². The van der Waals surface area contributed by atoms with Gasteiger partial charge in [0.05, 0.1) is 0 Å². The Balaban J connectivity index is 2.79. The highest BCUT2D eigenvalue weighted by Crippen LogP contribution is 2.06. The van der Waals surface area contributed by atoms with Crippen LogP contribution >= 0.6 is 0 Å². The van der Waals surface area contributed by atoms with Crippen molar-refractivity contribution in [3.8, 4) is 0 Å². The largest absolute Gasteiger partial charge is 0.368 e. The standard InChI is InChI=1S/C7H14N4/c1-5(2)4-6-9-10-7(8)11(6)3/h5H,4H2,1-3H3,(H2,8,10). The van der Waals surface area contributed by atoms with Gasteiger partial charge in [-0.05, 0) is 5.92 Å². The fourth-order valence-electron chi connectivity index (χ4n) is 0.918. The average molecular weight is 154 g/mol. The predicted molar refractivity (Wildman–Crippen MR) is 44.0 cm³/mol. The van der Waals surface area contributed by atoms with E-state index in [0.717, 1.165) is 12.2 Å². The molecule has 4 nitrogen and oxygen atoms in total. The lowest BCUT2D eigenvalue weighted by Gasteiger charge is -2.02. The zero-order chi connectivity index (χ0) is 8.43. The summed E-state index contributed by atoms with van der Waals surface area (Å²) in [7, 11) is 1.88. The summed E-state index contributed by atoms with van der Waals surface area (Å²) in [6.45, 7) is 4.29. The molecule has 0 aliphatic rings. The molecule has 0 amide bonds. The van der Waals surface area contributed by atoms with Crippen LogP contribution in [0.2, 0.25) is 0 Å². The summed E-state index contributed by atoms with van der Waals surface area (Å²) >= 11 is 0. The second-order valence-corrected chi connectivity index (χ2v) is 3.13. The van der Waals surface area contributed by atoms with Crippen LogP contribution in [0.3, 0.4) is 0 Å². The molecular formula is C7H14N4. The van der Waals surface area contributed by atoms with Gasteiger partial charge < -0.3 is 10.3 Å². The molecule has 0 bridgehead atoms. The van der Waals surface area contributed by atoms with E-state index in [2.05, 4.69) is 24.0 Å². The quantitative estimate of drug-likeness (QED) is 0.678. The summed E-state index contributed by atoms with van der Waals surface area (Å²) in [6.07, 6.45) is 0.931. The van der Waals surface area contributed by atoms with Gasteiger partial charge in [-0.1, -0.05) is 13.8 Å². The van der Waals surface area contributed by atoms with Crippen molar-refractivity contribution in [2.75, 3.05) is 5.73 Å². The van der Waals surface area contributed by atoms with Crippen LogP contribution < -0.4 is 5.73 Å². The van der Waals surface area contributed by atoms with Crippen LogP contribution in [0.25, 0.3) is 0 Å². The maximum Gasteiger partial charge on any atom is 0.221 e. The van der Waals surface area contributed by atoms with Crippen molar-refractivity contribution in [1.82, 2.24) is 14.8 Å². The molecular weight excluding hydrogens is 140 g/mol. The maximum atomic E-state index is 5.51. The van der Waals surface area contributed by atoms with Crippen molar-refractivity contribution in [2.45, 2.75) is 20.3 Å². The predicted octanol–water partition coefficient (Wildman–Crippen LogP) is 0.596. The Morgan fingerprint density at radius 2 is 2.09 bits per heavy atom. The molecule has 1 heterocycles. The molecule has 0 spiro atoms. The molecule has 2 N–H and O–H groups in total. The van der Waals surface area contributed by atoms with Crippen molar-refractivity contribution < 1.29 is 0 Å². The van der Waals surface area contributed by atoms with Gasteiger partial charge in [0.25, 0.3) is 0 Å². The van der Waals surface area contributed by atoms with Crippen molar-refractivity contribution in [3.05, 3.63) is 5.82 Å². The second-order valence-electron chi connectivity index (χ2n) is 3.13. The molecule has 0 fully saturated rings. The molecule has 4 heteroatoms. The molecule has 0 aliphatic heterocycles. The number of nitrogens with two attached hydrogens (primary N) is 1. The SMILES string of the molecule is CC(C)Cc1nnc(N)n1C. The Morgan fingerprint density at radius 1 is 1.45 bits per heavy atom. The normalized spacial score (nSPS) is 10.9. The van der Waals surface area contributed by atoms with Gasteiger partial charge in [0.1, 0.15) is 5.82 Å². The zero-order valence-corrected chi connectivity index (χ0v) is 7.20. The molecule has 0 unspecified atom stereocenters. The molecule has 1 rings (SSSR count). The van der Waals surface area contributed by atoms with Crippen LogP contribution in [0.1, 0.15) is 19.7 Å². The van der Waals surface area contributed by atoms with Crippen molar-refractivity contribution in [1.29, 1.82) is 0 Å². The first-order chi connectivity index (χ1) is 5.11. The van der Waals surface area contributed by atoms with Gasteiger partial charge in [-0.2, -0.15) is 0 Å². The number of hydrogen-bond donors (Lipinski definition) is 1. The van der Waals surface area contributed by atoms with Crippen molar-refractivity contribution in [3.63, 3.8) is 0 Å². The molecule has 0 radical (unpaired) electrons. The molecule has 1 aromatic heterocycles. The van der Waals surface area contributed by atoms with Gasteiger partial charge in [0.15, 0.2) is 0 Å². The molecule has 62 valence electrons. The highest BCUT2D eigenvalue weighted by molar-refractivity contribution is 5.16. The topological polar surface area (TPSA) is 56.7 Å². The number of aromatic nitrogens is 3. The first-order valence-corrected chi connectivity index (χ1v) is 3.75. The third-order valence-electron chi connectivity index (χ3n) is 1.59. The lowest BCUT2D eigenvalue weighted by molar-refractivity contribution is 0.601. The van der Waals surface area contributed by atoms with E-state index in [0.29, 0.717) is 11.9 Å². The van der Waals surface area contributed by atoms with Gasteiger partial charge in [-0.15, -0.1) is 10.2 Å². The summed E-state index contributed by atoms with van der Waals surface area (Å²) in [4.78, 5) is 0. The van der Waals surface area contributed by atoms with Crippen LogP contribution in [-0.2, 0) is 13.5 Å². The van der Waals surface area contributed by atoms with Gasteiger partial charge >= 0.3 is 0 Å². The van der Waals surface area contributed by atoms with E-state index in [9.17, 15) is 0 Å². The van der Waals surface area contributed by atoms with E-state index in [-0.39, 0.29) is 0 Å². The minimum Gasteiger partial charge on any atom is -0.368 e. The number of rotatable bonds is 2. The summed E-state index contributed by atoms with van der Waals surface area (Å²) in [5.41, 5.74) is 5.51. The first-order valence-electron chi connectivity index (χ1n) is 3.75. The third-order valence-corrected chi connectivity index (χ3v) is 1.59. The fourth-order valence-corrected chi connectivity index (χ4v) is 0.918. The third kappa shape index (κ3) is 1.69. The van der Waals surface area contributed by atoms with E-state index in [1.807, 2.05) is 11.6 Å². The van der Waals surface area contributed by atoms with E-state index in [1.165, 1.54) is 0 Å². The van der Waals surface area contributed by atoms with E-state index >= 15 is 0 Å². The molecule has 0 aliphatic carbocycles. The maximum absolute atomic E-state index is 5.51. The van der Waals surface area contributed by atoms with Crippen molar-refractivity contribution in [2.24, 2.45) is 13.0 Å². The second kappa shape index (κ2) is 2.90. The lowest BCUT2D eigenvalue weighted by Crippen LogP contribution is -2.04. The molecule has 0 atom stereocenters. The van der Waals surface area contributed by atoms with Crippen molar-refractivity contribution >= 4 is 5.95 Å². The van der Waals surface area contributed by atoms with Crippen LogP contribution in [0, 0.1) is 5.92 Å². The molecule has 0 aromatic carbocycles. The van der Waals surface area contributed by atoms with Crippen LogP contribution in [-0.4, -0.2) is 14.8 Å². The minimum absolute atomic E-state index is 0.487. The van der Waals surface area contributed by atoms with Crippen LogP contribution in [0.5, 0.6) is 0 Å². The minimum atomic E-state index is 0.487. The van der Waals surface area contributed by atoms with Gasteiger partial charge in [-0.3, -0.25) is 0 Å². The Morgan fingerprint density at radius 3 is 2.45 bits per heavy atom. The smallest absolute Gasteiger partial charge is 0.221 e. The molecule has 0 saturated carbocycles. The monoisotopic (exact) mass is 154 g/mol. The average Bonchev–Trinajstić information content (AvgIpc) is 2.18. The number of nitrogen functional groups attached to an aromatic ring is 1. The number of hydrogen-bond acceptors (Lipinski definition) is 3. The molecule has 11 heavy (non-hydrogen) atoms. The van der Waals surface area contributed by atoms with Gasteiger partial charge in [0, 0.05) is 13.5 Å². The summed E-state index contributed by atoms with van der Waals surface area (Å²) < 4.78 is 1.82. The molecule has 1 aromatic rings. The first kappa shape index (κ1) is 8.04. The Kier molecular flexibility index (Phi) is 2.12. The zero-order valence-electron chi connectivity index (χ0n) is 7.20. The Labute approximate surface area is 66.4 Å². The summed E-state index contributed by atoms with van der Waals surface area (Å²) in [6, 6.07) is 0. The van der Waals surface area contributed by atoms with E-state index in [4.69, 9.17) is 5.73 Å². The summed E-state index contributed by atoms with van der Waals surface area (Å²) in [5.74, 6) is 2.04. The summed E-state index contributed by atoms with van der Waals surface area (Å²) in [5, 5.41) is 7.70. The Hall–Kier alpha value is -1.06. The highest BCUT2D eigenvalue weighted by Gasteiger charge is 2.06. The Bertz CT molecular complexity index is 239. The highest BCUT2D eigenvalue weighted by atomic mass is 15.3. The lowest BCUT2D eigenvalue weighted by atomic mass is 10.1. The number of anilines is 1. The number of nitrogens with zero attached hydrogens (tertiary/aromatic N) is 3. The van der Waals surface area contributed by atoms with Crippen LogP contribution in [0.4, 0.5) is 5.95 Å². The van der Waals surface area contributed by atoms with E-state index < -0.39 is 0 Å².